The standard InChI is InChI=1S/C12H15N/c1-3-7-11(8-4-2)12-9-5-6-10-13-12/h3,5-10H,4H2,1-2H3/b7-3-,11-8+. The van der Waals surface area contributed by atoms with Crippen molar-refractivity contribution in [2.24, 2.45) is 0 Å². The highest BCUT2D eigenvalue weighted by Crippen LogP contribution is 2.13. The first-order valence-electron chi connectivity index (χ1n) is 4.62. The molecule has 0 aliphatic rings. The number of allylic oxidation sites excluding steroid dienone is 4. The average Bonchev–Trinajstić information content (AvgIpc) is 2.19. The van der Waals surface area contributed by atoms with Crippen LogP contribution in [0.1, 0.15) is 26.0 Å². The molecule has 0 N–H and O–H groups in total. The van der Waals surface area contributed by atoms with Crippen molar-refractivity contribution in [3.8, 4) is 0 Å². The normalized spacial score (nSPS) is 12.3. The highest BCUT2D eigenvalue weighted by atomic mass is 14.7. The van der Waals surface area contributed by atoms with Gasteiger partial charge in [0, 0.05) is 6.20 Å². The number of rotatable bonds is 3. The molecule has 0 unspecified atom stereocenters. The molecule has 1 nitrogen and oxygen atoms in total. The van der Waals surface area contributed by atoms with E-state index in [1.807, 2.05) is 37.4 Å². The summed E-state index contributed by atoms with van der Waals surface area (Å²) in [6.07, 6.45) is 9.17. The monoisotopic (exact) mass is 173 g/mol. The molecule has 0 fully saturated rings. The molecular weight excluding hydrogens is 158 g/mol. The Kier molecular flexibility index (Phi) is 3.97. The lowest BCUT2D eigenvalue weighted by Crippen LogP contribution is -1.84. The summed E-state index contributed by atoms with van der Waals surface area (Å²) in [5.74, 6) is 0. The van der Waals surface area contributed by atoms with Crippen LogP contribution in [-0.4, -0.2) is 4.98 Å². The smallest absolute Gasteiger partial charge is 0.0698 e. The van der Waals surface area contributed by atoms with E-state index < -0.39 is 0 Å². The molecule has 0 amide bonds. The maximum absolute atomic E-state index is 4.30. The topological polar surface area (TPSA) is 12.9 Å². The summed E-state index contributed by atoms with van der Waals surface area (Å²) in [5, 5.41) is 0. The number of hydrogen-bond donors (Lipinski definition) is 0. The molecule has 13 heavy (non-hydrogen) atoms. The first kappa shape index (κ1) is 9.72. The Morgan fingerprint density at radius 2 is 2.31 bits per heavy atom. The molecule has 1 heteroatoms. The molecule has 0 aliphatic carbocycles. The first-order chi connectivity index (χ1) is 6.38. The van der Waals surface area contributed by atoms with Gasteiger partial charge in [-0.25, -0.2) is 0 Å². The van der Waals surface area contributed by atoms with Crippen LogP contribution in [0.4, 0.5) is 0 Å². The zero-order valence-corrected chi connectivity index (χ0v) is 8.20. The second-order valence-corrected chi connectivity index (χ2v) is 2.78. The molecule has 0 spiro atoms. The van der Waals surface area contributed by atoms with Gasteiger partial charge in [0.25, 0.3) is 0 Å². The minimum absolute atomic E-state index is 1.04. The lowest BCUT2D eigenvalue weighted by atomic mass is 10.1. The van der Waals surface area contributed by atoms with Gasteiger partial charge in [-0.1, -0.05) is 31.2 Å². The van der Waals surface area contributed by atoms with E-state index in [4.69, 9.17) is 0 Å². The van der Waals surface area contributed by atoms with Gasteiger partial charge in [0.15, 0.2) is 0 Å². The van der Waals surface area contributed by atoms with Crippen LogP contribution >= 0.6 is 0 Å². The molecular formula is C12H15N. The zero-order chi connectivity index (χ0) is 9.52. The van der Waals surface area contributed by atoms with Crippen molar-refractivity contribution in [2.75, 3.05) is 0 Å². The molecule has 1 aromatic heterocycles. The maximum Gasteiger partial charge on any atom is 0.0698 e. The van der Waals surface area contributed by atoms with Crippen LogP contribution in [0.3, 0.4) is 0 Å². The van der Waals surface area contributed by atoms with E-state index in [0.717, 1.165) is 12.1 Å². The fourth-order valence-electron chi connectivity index (χ4n) is 1.19. The second kappa shape index (κ2) is 5.31. The van der Waals surface area contributed by atoms with Crippen LogP contribution < -0.4 is 0 Å². The van der Waals surface area contributed by atoms with Gasteiger partial charge in [-0.05, 0) is 31.1 Å². The van der Waals surface area contributed by atoms with Crippen molar-refractivity contribution in [1.82, 2.24) is 4.98 Å². The molecule has 68 valence electrons. The lowest BCUT2D eigenvalue weighted by Gasteiger charge is -1.99. The fourth-order valence-corrected chi connectivity index (χ4v) is 1.19. The number of pyridine rings is 1. The van der Waals surface area contributed by atoms with Crippen molar-refractivity contribution in [3.05, 3.63) is 48.3 Å². The second-order valence-electron chi connectivity index (χ2n) is 2.78. The Labute approximate surface area is 79.8 Å². The van der Waals surface area contributed by atoms with Crippen LogP contribution in [-0.2, 0) is 0 Å². The summed E-state index contributed by atoms with van der Waals surface area (Å²) in [6.45, 7) is 4.15. The van der Waals surface area contributed by atoms with Gasteiger partial charge in [-0.2, -0.15) is 0 Å². The van der Waals surface area contributed by atoms with Gasteiger partial charge in [-0.3, -0.25) is 4.98 Å². The molecule has 0 aromatic carbocycles. The highest BCUT2D eigenvalue weighted by Gasteiger charge is 1.95. The Morgan fingerprint density at radius 1 is 1.46 bits per heavy atom. The molecule has 1 aromatic rings. The number of hydrogen-bond acceptors (Lipinski definition) is 1. The molecule has 0 atom stereocenters. The summed E-state index contributed by atoms with van der Waals surface area (Å²) in [7, 11) is 0. The van der Waals surface area contributed by atoms with E-state index in [9.17, 15) is 0 Å². The Hall–Kier alpha value is -1.37. The summed E-state index contributed by atoms with van der Waals surface area (Å²) in [5.41, 5.74) is 2.24. The van der Waals surface area contributed by atoms with Gasteiger partial charge in [0.05, 0.1) is 5.69 Å². The lowest BCUT2D eigenvalue weighted by molar-refractivity contribution is 1.21. The number of aromatic nitrogens is 1. The Balaban J connectivity index is 2.96. The summed E-state index contributed by atoms with van der Waals surface area (Å²) >= 11 is 0. The SMILES string of the molecule is C/C=C\C(=C/CC)c1ccccn1. The predicted octanol–water partition coefficient (Wildman–Crippen LogP) is 3.45. The van der Waals surface area contributed by atoms with Gasteiger partial charge < -0.3 is 0 Å². The first-order valence-corrected chi connectivity index (χ1v) is 4.62. The van der Waals surface area contributed by atoms with Crippen molar-refractivity contribution in [2.45, 2.75) is 20.3 Å². The van der Waals surface area contributed by atoms with Crippen LogP contribution in [0, 0.1) is 0 Å². The van der Waals surface area contributed by atoms with Crippen LogP contribution in [0.5, 0.6) is 0 Å². The Morgan fingerprint density at radius 3 is 2.85 bits per heavy atom. The van der Waals surface area contributed by atoms with Gasteiger partial charge >= 0.3 is 0 Å². The van der Waals surface area contributed by atoms with Gasteiger partial charge in [0.2, 0.25) is 0 Å². The minimum atomic E-state index is 1.04. The van der Waals surface area contributed by atoms with Gasteiger partial charge in [0.1, 0.15) is 0 Å². The summed E-state index contributed by atoms with van der Waals surface area (Å²) in [6, 6.07) is 5.97. The van der Waals surface area contributed by atoms with Crippen molar-refractivity contribution in [3.63, 3.8) is 0 Å². The highest BCUT2D eigenvalue weighted by molar-refractivity contribution is 5.71. The molecule has 0 saturated heterocycles. The molecule has 0 radical (unpaired) electrons. The molecule has 1 heterocycles. The summed E-state index contributed by atoms with van der Waals surface area (Å²) < 4.78 is 0. The average molecular weight is 173 g/mol. The Bertz CT molecular complexity index is 296. The van der Waals surface area contributed by atoms with E-state index in [2.05, 4.69) is 24.1 Å². The van der Waals surface area contributed by atoms with E-state index in [-0.39, 0.29) is 0 Å². The number of nitrogens with zero attached hydrogens (tertiary/aromatic N) is 1. The predicted molar refractivity (Wildman–Crippen MR) is 57.3 cm³/mol. The molecule has 0 aliphatic heterocycles. The minimum Gasteiger partial charge on any atom is -0.256 e. The van der Waals surface area contributed by atoms with E-state index >= 15 is 0 Å². The van der Waals surface area contributed by atoms with Gasteiger partial charge in [-0.15, -0.1) is 0 Å². The zero-order valence-electron chi connectivity index (χ0n) is 8.20. The van der Waals surface area contributed by atoms with Crippen LogP contribution in [0.2, 0.25) is 0 Å². The van der Waals surface area contributed by atoms with E-state index in [1.165, 1.54) is 5.57 Å². The third-order valence-electron chi connectivity index (χ3n) is 1.73. The molecule has 1 rings (SSSR count). The van der Waals surface area contributed by atoms with Crippen molar-refractivity contribution >= 4 is 5.57 Å². The fraction of sp³-hybridized carbons (Fsp3) is 0.250. The van der Waals surface area contributed by atoms with Crippen molar-refractivity contribution in [1.29, 1.82) is 0 Å². The maximum atomic E-state index is 4.30. The van der Waals surface area contributed by atoms with Crippen LogP contribution in [0.25, 0.3) is 5.57 Å². The molecule has 0 saturated carbocycles. The third-order valence-corrected chi connectivity index (χ3v) is 1.73. The largest absolute Gasteiger partial charge is 0.256 e. The quantitative estimate of drug-likeness (QED) is 0.638. The molecule has 0 bridgehead atoms. The van der Waals surface area contributed by atoms with Crippen molar-refractivity contribution < 1.29 is 0 Å². The van der Waals surface area contributed by atoms with E-state index in [0.29, 0.717) is 0 Å². The summed E-state index contributed by atoms with van der Waals surface area (Å²) in [4.78, 5) is 4.30. The third kappa shape index (κ3) is 2.86. The van der Waals surface area contributed by atoms with Crippen LogP contribution in [0.15, 0.2) is 42.6 Å². The van der Waals surface area contributed by atoms with E-state index in [1.54, 1.807) is 0 Å².